The fourth-order valence-corrected chi connectivity index (χ4v) is 1.46. The largest absolute Gasteiger partial charge is 0.395 e. The van der Waals surface area contributed by atoms with Gasteiger partial charge in [-0.05, 0) is 6.07 Å². The number of aliphatic hydroxyl groups is 2. The highest BCUT2D eigenvalue weighted by Gasteiger charge is 2.25. The number of carbonyl (C=O) groups excluding carboxylic acids is 1. The van der Waals surface area contributed by atoms with Crippen LogP contribution >= 0.6 is 0 Å². The highest BCUT2D eigenvalue weighted by molar-refractivity contribution is 5.94. The molecule has 1 aromatic rings. The van der Waals surface area contributed by atoms with Crippen LogP contribution in [0.3, 0.4) is 0 Å². The van der Waals surface area contributed by atoms with E-state index in [9.17, 15) is 22.4 Å². The molecule has 0 unspecified atom stereocenters. The Labute approximate surface area is 105 Å². The van der Waals surface area contributed by atoms with Crippen LogP contribution in [0.4, 0.5) is 17.6 Å². The van der Waals surface area contributed by atoms with Gasteiger partial charge in [0.15, 0.2) is 23.3 Å². The molecule has 1 aromatic carbocycles. The molecule has 0 aromatic heterocycles. The number of benzene rings is 1. The maximum Gasteiger partial charge on any atom is 0.257 e. The molecule has 0 aliphatic heterocycles. The number of carbonyl (C=O) groups is 1. The van der Waals surface area contributed by atoms with Gasteiger partial charge in [0.25, 0.3) is 5.91 Å². The van der Waals surface area contributed by atoms with Crippen molar-refractivity contribution < 1.29 is 32.6 Å². The monoisotopic (exact) mass is 281 g/mol. The second kappa shape index (κ2) is 6.48. The van der Waals surface area contributed by atoms with Crippen molar-refractivity contribution in [1.29, 1.82) is 0 Å². The first-order valence-corrected chi connectivity index (χ1v) is 5.28. The van der Waals surface area contributed by atoms with Crippen molar-refractivity contribution in [3.05, 3.63) is 34.9 Å². The SMILES string of the molecule is O=C(c1cc(F)c(F)c(F)c1F)N(CCO)CCO. The highest BCUT2D eigenvalue weighted by atomic mass is 19.2. The van der Waals surface area contributed by atoms with Crippen LogP contribution in [-0.2, 0) is 0 Å². The topological polar surface area (TPSA) is 60.8 Å². The fourth-order valence-electron chi connectivity index (χ4n) is 1.46. The zero-order valence-corrected chi connectivity index (χ0v) is 9.67. The molecule has 1 amide bonds. The van der Waals surface area contributed by atoms with E-state index in [0.29, 0.717) is 0 Å². The van der Waals surface area contributed by atoms with E-state index in [1.165, 1.54) is 0 Å². The van der Waals surface area contributed by atoms with E-state index in [2.05, 4.69) is 0 Å². The standard InChI is InChI=1S/C11H11F4NO3/c12-7-5-6(8(13)10(15)9(7)14)11(19)16(1-3-17)2-4-18/h5,17-18H,1-4H2. The Kier molecular flexibility index (Phi) is 5.25. The van der Waals surface area contributed by atoms with Crippen LogP contribution in [0.5, 0.6) is 0 Å². The number of halogens is 4. The Balaban J connectivity index is 3.18. The molecule has 4 nitrogen and oxygen atoms in total. The van der Waals surface area contributed by atoms with E-state index in [-0.39, 0.29) is 19.2 Å². The quantitative estimate of drug-likeness (QED) is 0.474. The number of rotatable bonds is 5. The van der Waals surface area contributed by atoms with Gasteiger partial charge in [-0.2, -0.15) is 0 Å². The molecule has 8 heteroatoms. The lowest BCUT2D eigenvalue weighted by molar-refractivity contribution is 0.0678. The van der Waals surface area contributed by atoms with Crippen molar-refractivity contribution >= 4 is 5.91 Å². The van der Waals surface area contributed by atoms with E-state index >= 15 is 0 Å². The summed E-state index contributed by atoms with van der Waals surface area (Å²) in [5.41, 5.74) is -1.00. The molecule has 2 N–H and O–H groups in total. The fraction of sp³-hybridized carbons (Fsp3) is 0.364. The average Bonchev–Trinajstić information content (AvgIpc) is 2.39. The van der Waals surface area contributed by atoms with Crippen molar-refractivity contribution in [2.75, 3.05) is 26.3 Å². The van der Waals surface area contributed by atoms with E-state index in [1.807, 2.05) is 0 Å². The van der Waals surface area contributed by atoms with Gasteiger partial charge in [-0.25, -0.2) is 17.6 Å². The van der Waals surface area contributed by atoms with Crippen molar-refractivity contribution in [1.82, 2.24) is 4.90 Å². The summed E-state index contributed by atoms with van der Waals surface area (Å²) in [6.45, 7) is -1.50. The lowest BCUT2D eigenvalue weighted by Gasteiger charge is -2.21. The Morgan fingerprint density at radius 2 is 1.53 bits per heavy atom. The summed E-state index contributed by atoms with van der Waals surface area (Å²) in [6.07, 6.45) is 0. The molecule has 0 bridgehead atoms. The first kappa shape index (κ1) is 15.4. The molecule has 0 heterocycles. The molecular formula is C11H11F4NO3. The van der Waals surface area contributed by atoms with Gasteiger partial charge in [0.1, 0.15) is 0 Å². The molecule has 0 spiro atoms. The van der Waals surface area contributed by atoms with Gasteiger partial charge in [0.05, 0.1) is 18.8 Å². The summed E-state index contributed by atoms with van der Waals surface area (Å²) < 4.78 is 52.1. The molecule has 0 atom stereocenters. The normalized spacial score (nSPS) is 10.6. The van der Waals surface area contributed by atoms with Crippen LogP contribution in [0.2, 0.25) is 0 Å². The van der Waals surface area contributed by atoms with Crippen molar-refractivity contribution in [2.24, 2.45) is 0 Å². The minimum Gasteiger partial charge on any atom is -0.395 e. The summed E-state index contributed by atoms with van der Waals surface area (Å²) in [6, 6.07) is 0.234. The predicted molar refractivity (Wildman–Crippen MR) is 56.3 cm³/mol. The van der Waals surface area contributed by atoms with Gasteiger partial charge in [0.2, 0.25) is 0 Å². The number of nitrogens with zero attached hydrogens (tertiary/aromatic N) is 1. The molecule has 0 aliphatic rings. The van der Waals surface area contributed by atoms with E-state index in [1.54, 1.807) is 0 Å². The zero-order chi connectivity index (χ0) is 14.6. The molecule has 0 saturated heterocycles. The lowest BCUT2D eigenvalue weighted by Crippen LogP contribution is -2.36. The Bertz CT molecular complexity index is 475. The maximum absolute atomic E-state index is 13.4. The summed E-state index contributed by atoms with van der Waals surface area (Å²) in [5, 5.41) is 17.4. The van der Waals surface area contributed by atoms with E-state index in [4.69, 9.17) is 10.2 Å². The number of amides is 1. The summed E-state index contributed by atoms with van der Waals surface area (Å²) in [7, 11) is 0. The zero-order valence-electron chi connectivity index (χ0n) is 9.67. The van der Waals surface area contributed by atoms with Gasteiger partial charge in [-0.1, -0.05) is 0 Å². The average molecular weight is 281 g/mol. The van der Waals surface area contributed by atoms with E-state index in [0.717, 1.165) is 4.90 Å². The summed E-state index contributed by atoms with van der Waals surface area (Å²) >= 11 is 0. The van der Waals surface area contributed by atoms with Gasteiger partial charge in [0, 0.05) is 13.1 Å². The Hall–Kier alpha value is -1.67. The first-order valence-electron chi connectivity index (χ1n) is 5.28. The van der Waals surface area contributed by atoms with Crippen molar-refractivity contribution in [3.8, 4) is 0 Å². The van der Waals surface area contributed by atoms with Crippen LogP contribution in [0.15, 0.2) is 6.07 Å². The molecule has 0 radical (unpaired) electrons. The highest BCUT2D eigenvalue weighted by Crippen LogP contribution is 2.20. The van der Waals surface area contributed by atoms with Gasteiger partial charge in [-0.3, -0.25) is 4.79 Å². The Morgan fingerprint density at radius 1 is 1.00 bits per heavy atom. The van der Waals surface area contributed by atoms with Crippen LogP contribution < -0.4 is 0 Å². The lowest BCUT2D eigenvalue weighted by atomic mass is 10.1. The van der Waals surface area contributed by atoms with Crippen molar-refractivity contribution in [3.63, 3.8) is 0 Å². The third-order valence-electron chi connectivity index (χ3n) is 2.36. The molecule has 0 fully saturated rings. The Morgan fingerprint density at radius 3 is 2.00 bits per heavy atom. The van der Waals surface area contributed by atoms with Gasteiger partial charge < -0.3 is 15.1 Å². The summed E-state index contributed by atoms with van der Waals surface area (Å²) in [4.78, 5) is 12.6. The van der Waals surface area contributed by atoms with Crippen LogP contribution in [0.25, 0.3) is 0 Å². The third kappa shape index (κ3) is 3.21. The summed E-state index contributed by atoms with van der Waals surface area (Å²) in [5.74, 6) is -8.76. The maximum atomic E-state index is 13.4. The minimum absolute atomic E-state index is 0.234. The number of hydrogen-bond acceptors (Lipinski definition) is 3. The number of aliphatic hydroxyl groups excluding tert-OH is 2. The van der Waals surface area contributed by atoms with Crippen LogP contribution in [0, 0.1) is 23.3 Å². The van der Waals surface area contributed by atoms with Crippen molar-refractivity contribution in [2.45, 2.75) is 0 Å². The second-order valence-corrected chi connectivity index (χ2v) is 3.59. The molecule has 1 rings (SSSR count). The molecule has 19 heavy (non-hydrogen) atoms. The number of hydrogen-bond donors (Lipinski definition) is 2. The molecule has 106 valence electrons. The van der Waals surface area contributed by atoms with Crippen LogP contribution in [-0.4, -0.2) is 47.3 Å². The van der Waals surface area contributed by atoms with Gasteiger partial charge in [-0.15, -0.1) is 0 Å². The smallest absolute Gasteiger partial charge is 0.257 e. The molecule has 0 saturated carbocycles. The third-order valence-corrected chi connectivity index (χ3v) is 2.36. The van der Waals surface area contributed by atoms with Crippen LogP contribution in [0.1, 0.15) is 10.4 Å². The molecular weight excluding hydrogens is 270 g/mol. The second-order valence-electron chi connectivity index (χ2n) is 3.59. The first-order chi connectivity index (χ1) is 8.93. The van der Waals surface area contributed by atoms with E-state index < -0.39 is 48.0 Å². The minimum atomic E-state index is -2.09. The predicted octanol–water partition coefficient (Wildman–Crippen LogP) is 0.670. The molecule has 0 aliphatic carbocycles. The van der Waals surface area contributed by atoms with Gasteiger partial charge >= 0.3 is 0 Å².